The maximum atomic E-state index is 0. The van der Waals surface area contributed by atoms with E-state index in [1.54, 1.807) is 0 Å². The second-order valence-corrected chi connectivity index (χ2v) is 0. The van der Waals surface area contributed by atoms with Crippen LogP contribution < -0.4 is 0 Å². The molecule has 0 aromatic heterocycles. The fourth-order valence-corrected chi connectivity index (χ4v) is 0. The van der Waals surface area contributed by atoms with Crippen LogP contribution in [0.1, 0.15) is 0 Å². The van der Waals surface area contributed by atoms with Gasteiger partial charge in [-0.1, -0.05) is 0 Å². The Bertz CT molecular complexity index is 4.14. The zero-order chi connectivity index (χ0) is 0. The van der Waals surface area contributed by atoms with Crippen molar-refractivity contribution in [1.82, 2.24) is 0 Å². The van der Waals surface area contributed by atoms with Gasteiger partial charge in [-0.25, -0.2) is 0 Å². The molecule has 0 heterocycles. The van der Waals surface area contributed by atoms with Gasteiger partial charge in [0.25, 0.3) is 0 Å². The first-order chi connectivity index (χ1) is 0. The molecule has 0 aliphatic carbocycles. The molecule has 0 amide bonds. The van der Waals surface area contributed by atoms with Crippen molar-refractivity contribution in [2.75, 3.05) is 0 Å². The molecule has 0 saturated carbocycles. The summed E-state index contributed by atoms with van der Waals surface area (Å²) in [5.74, 6) is 0. The van der Waals surface area contributed by atoms with Gasteiger partial charge >= 0.3 is 0 Å². The van der Waals surface area contributed by atoms with Crippen LogP contribution in [0.5, 0.6) is 0 Å². The van der Waals surface area contributed by atoms with E-state index in [1.165, 1.54) is 0 Å². The minimum atomic E-state index is 0. The monoisotopic (exact) mass is 298 g/mol. The van der Waals surface area contributed by atoms with Crippen LogP contribution in [0, 0.1) is 39.9 Å². The molecule has 0 bridgehead atoms. The predicted octanol–water partition coefficient (Wildman–Crippen LogP) is -2.28. The summed E-state index contributed by atoms with van der Waals surface area (Å²) in [6, 6.07) is 0. The Morgan fingerprint density at radius 2 is 0.286 bits per heavy atom. The standard InChI is InChI=1S/6B.Th. The van der Waals surface area contributed by atoms with E-state index in [-0.39, 0.29) is 90.4 Å². The molecule has 0 atom stereocenters. The topological polar surface area (TPSA) is 0 Å². The molecule has 0 aromatic rings. The number of rotatable bonds is 0. The first kappa shape index (κ1) is 176. The van der Waals surface area contributed by atoms with Gasteiger partial charge < -0.3 is 0 Å². The average molecular weight is 297 g/mol. The number of hydrogen-bond acceptors (Lipinski definition) is 0. The van der Waals surface area contributed by atoms with Crippen molar-refractivity contribution >= 4 is 50.5 Å². The van der Waals surface area contributed by atoms with Crippen LogP contribution >= 0.6 is 0 Å². The van der Waals surface area contributed by atoms with Crippen molar-refractivity contribution in [1.29, 1.82) is 0 Å². The Kier molecular flexibility index (Phi) is 2980. The van der Waals surface area contributed by atoms with Gasteiger partial charge in [0.05, 0.1) is 0 Å². The minimum absolute atomic E-state index is 0. The van der Waals surface area contributed by atoms with E-state index in [0.29, 0.717) is 0 Å². The maximum absolute atomic E-state index is 0. The summed E-state index contributed by atoms with van der Waals surface area (Å²) in [4.78, 5) is 0. The van der Waals surface area contributed by atoms with Gasteiger partial charge in [-0.2, -0.15) is 0 Å². The van der Waals surface area contributed by atoms with E-state index < -0.39 is 0 Å². The SMILES string of the molecule is [B].[B].[B].[B].[B].[B].[Th]. The molecule has 7 heteroatoms. The second-order valence-electron chi connectivity index (χ2n) is 0. The summed E-state index contributed by atoms with van der Waals surface area (Å²) in [6.07, 6.45) is 0. The van der Waals surface area contributed by atoms with Gasteiger partial charge in [-0.05, 0) is 0 Å². The molecule has 0 unspecified atom stereocenters. The van der Waals surface area contributed by atoms with E-state index in [0.717, 1.165) is 0 Å². The quantitative estimate of drug-likeness (QED) is 0.442. The summed E-state index contributed by atoms with van der Waals surface area (Å²) in [5, 5.41) is 0. The Morgan fingerprint density at radius 1 is 0.286 bits per heavy atom. The van der Waals surface area contributed by atoms with Crippen molar-refractivity contribution < 1.29 is 39.9 Å². The van der Waals surface area contributed by atoms with Crippen LogP contribution in [0.3, 0.4) is 0 Å². The van der Waals surface area contributed by atoms with Crippen molar-refractivity contribution in [2.24, 2.45) is 0 Å². The Balaban J connectivity index is 0. The molecule has 0 aliphatic heterocycles. The summed E-state index contributed by atoms with van der Waals surface area (Å²) >= 11 is 0. The molecule has 0 aliphatic rings. The third-order valence-corrected chi connectivity index (χ3v) is 0. The largest absolute Gasteiger partial charge is 0 e. The van der Waals surface area contributed by atoms with Crippen molar-refractivity contribution in [3.63, 3.8) is 0 Å². The summed E-state index contributed by atoms with van der Waals surface area (Å²) in [6.45, 7) is 0. The van der Waals surface area contributed by atoms with Gasteiger partial charge in [0.2, 0.25) is 0 Å². The van der Waals surface area contributed by atoms with Crippen molar-refractivity contribution in [3.05, 3.63) is 0 Å². The molecule has 0 spiro atoms. The molecule has 0 saturated heterocycles. The molecule has 0 rings (SSSR count). The van der Waals surface area contributed by atoms with Gasteiger partial charge in [0.15, 0.2) is 0 Å². The maximum Gasteiger partial charge on any atom is 0 e. The Labute approximate surface area is 89.5 Å². The van der Waals surface area contributed by atoms with E-state index in [2.05, 4.69) is 0 Å². The van der Waals surface area contributed by atoms with E-state index in [4.69, 9.17) is 0 Å². The molecule has 18 radical (unpaired) electrons. The molecule has 0 nitrogen and oxygen atoms in total. The normalized spacial score (nSPS) is 0. The van der Waals surface area contributed by atoms with Gasteiger partial charge in [-0.3, -0.25) is 0 Å². The Morgan fingerprint density at radius 3 is 0.286 bits per heavy atom. The summed E-state index contributed by atoms with van der Waals surface area (Å²) in [7, 11) is 0. The van der Waals surface area contributed by atoms with Crippen LogP contribution in [0.25, 0.3) is 0 Å². The Hall–Kier alpha value is 1.71. The average Bonchev–Trinajstić information content (AvgIpc) is 0. The second kappa shape index (κ2) is 118. The smallest absolute Gasteiger partial charge is 0 e. The molecular formula is B6Th. The number of hydrogen-bond donors (Lipinski definition) is 0. The third-order valence-electron chi connectivity index (χ3n) is 0. The van der Waals surface area contributed by atoms with Crippen molar-refractivity contribution in [2.45, 2.75) is 0 Å². The summed E-state index contributed by atoms with van der Waals surface area (Å²) < 4.78 is 0. The van der Waals surface area contributed by atoms with Gasteiger partial charge in [0.1, 0.15) is 0 Å². The predicted molar refractivity (Wildman–Crippen MR) is 34.5 cm³/mol. The molecule has 0 fully saturated rings. The fraction of sp³-hybridized carbons (Fsp3) is 0. The molecule has 22 valence electrons. The first-order valence-electron chi connectivity index (χ1n) is 0. The van der Waals surface area contributed by atoms with Crippen LogP contribution in [-0.2, 0) is 0 Å². The van der Waals surface area contributed by atoms with E-state index >= 15 is 0 Å². The van der Waals surface area contributed by atoms with E-state index in [1.807, 2.05) is 0 Å². The van der Waals surface area contributed by atoms with Gasteiger partial charge in [0, 0.05) is 90.4 Å². The van der Waals surface area contributed by atoms with E-state index in [9.17, 15) is 0 Å². The van der Waals surface area contributed by atoms with Crippen LogP contribution in [0.15, 0.2) is 0 Å². The first-order valence-corrected chi connectivity index (χ1v) is 0. The fourth-order valence-electron chi connectivity index (χ4n) is 0. The molecule has 0 N–H and O–H groups in total. The minimum Gasteiger partial charge on any atom is 0 e. The van der Waals surface area contributed by atoms with Crippen molar-refractivity contribution in [3.8, 4) is 0 Å². The zero-order valence-corrected chi connectivity index (χ0v) is 8.07. The van der Waals surface area contributed by atoms with Crippen LogP contribution in [-0.4, -0.2) is 50.5 Å². The molecule has 7 heavy (non-hydrogen) atoms. The molecular weight excluding hydrogens is 297 g/mol. The zero-order valence-electron chi connectivity index (χ0n) is 3.96. The van der Waals surface area contributed by atoms with Crippen LogP contribution in [0.4, 0.5) is 0 Å². The van der Waals surface area contributed by atoms with Crippen LogP contribution in [0.2, 0.25) is 0 Å². The third kappa shape index (κ3) is 85.7. The molecule has 0 aromatic carbocycles. The summed E-state index contributed by atoms with van der Waals surface area (Å²) in [5.41, 5.74) is 0. The van der Waals surface area contributed by atoms with Gasteiger partial charge in [-0.15, -0.1) is 0 Å².